The fraction of sp³-hybridized carbons (Fsp3) is 0.529. The van der Waals surface area contributed by atoms with E-state index in [0.717, 1.165) is 5.69 Å². The van der Waals surface area contributed by atoms with Crippen molar-refractivity contribution in [1.29, 1.82) is 0 Å². The summed E-state index contributed by atoms with van der Waals surface area (Å²) >= 11 is 6.08. The molecule has 146 valence electrons. The van der Waals surface area contributed by atoms with Crippen molar-refractivity contribution in [2.75, 3.05) is 18.4 Å². The van der Waals surface area contributed by atoms with Crippen molar-refractivity contribution in [3.63, 3.8) is 0 Å². The average Bonchev–Trinajstić information content (AvgIpc) is 3.14. The van der Waals surface area contributed by atoms with Gasteiger partial charge in [0.2, 0.25) is 0 Å². The van der Waals surface area contributed by atoms with Crippen LogP contribution in [0, 0.1) is 6.92 Å². The van der Waals surface area contributed by atoms with Gasteiger partial charge in [0.15, 0.2) is 0 Å². The molecule has 1 aliphatic heterocycles. The zero-order chi connectivity index (χ0) is 19.6. The SMILES string of the molecule is Cc1cc(Nc2cc(Cl)nc(OC3CCN(C(=O)OC(C)(C)C)C3)n2)[nH]n1. The normalized spacial score (nSPS) is 17.1. The maximum Gasteiger partial charge on any atom is 0.410 e. The molecule has 1 saturated heterocycles. The van der Waals surface area contributed by atoms with Crippen LogP contribution >= 0.6 is 11.6 Å². The quantitative estimate of drug-likeness (QED) is 0.766. The molecule has 0 spiro atoms. The Hall–Kier alpha value is -2.55. The molecule has 0 radical (unpaired) electrons. The topological polar surface area (TPSA) is 105 Å². The Bertz CT molecular complexity index is 819. The molecule has 2 aromatic rings. The van der Waals surface area contributed by atoms with Crippen LogP contribution in [0.5, 0.6) is 6.01 Å². The van der Waals surface area contributed by atoms with Gasteiger partial charge in [0, 0.05) is 25.1 Å². The fourth-order valence-corrected chi connectivity index (χ4v) is 2.78. The number of rotatable bonds is 4. The van der Waals surface area contributed by atoms with Crippen molar-refractivity contribution < 1.29 is 14.3 Å². The molecule has 1 unspecified atom stereocenters. The molecule has 0 saturated carbocycles. The first-order chi connectivity index (χ1) is 12.7. The highest BCUT2D eigenvalue weighted by Crippen LogP contribution is 2.22. The Morgan fingerprint density at radius 2 is 2.15 bits per heavy atom. The number of anilines is 2. The van der Waals surface area contributed by atoms with Crippen molar-refractivity contribution in [1.82, 2.24) is 25.1 Å². The van der Waals surface area contributed by atoms with Gasteiger partial charge in [-0.15, -0.1) is 0 Å². The van der Waals surface area contributed by atoms with Gasteiger partial charge in [-0.3, -0.25) is 5.10 Å². The van der Waals surface area contributed by atoms with Crippen LogP contribution in [0.2, 0.25) is 5.15 Å². The van der Waals surface area contributed by atoms with E-state index < -0.39 is 5.60 Å². The molecule has 1 amide bonds. The molecule has 10 heteroatoms. The van der Waals surface area contributed by atoms with Crippen molar-refractivity contribution in [2.24, 2.45) is 0 Å². The second-order valence-corrected chi connectivity index (χ2v) is 7.75. The molecule has 9 nitrogen and oxygen atoms in total. The molecular weight excluding hydrogens is 372 g/mol. The third-order valence-corrected chi connectivity index (χ3v) is 3.91. The standard InChI is InChI=1S/C17H23ClN6O3/c1-10-7-14(23-22-10)20-13-8-12(18)19-15(21-13)26-11-5-6-24(9-11)16(25)27-17(2,3)4/h7-8,11H,5-6,9H2,1-4H3,(H2,19,20,21,22,23). The van der Waals surface area contributed by atoms with E-state index in [9.17, 15) is 4.79 Å². The van der Waals surface area contributed by atoms with Gasteiger partial charge in [-0.05, 0) is 27.7 Å². The monoisotopic (exact) mass is 394 g/mol. The lowest BCUT2D eigenvalue weighted by Gasteiger charge is -2.24. The third kappa shape index (κ3) is 5.46. The summed E-state index contributed by atoms with van der Waals surface area (Å²) in [6, 6.07) is 3.58. The molecule has 2 aromatic heterocycles. The molecule has 0 aromatic carbocycles. The number of carbonyl (C=O) groups is 1. The maximum absolute atomic E-state index is 12.1. The lowest BCUT2D eigenvalue weighted by atomic mass is 10.2. The molecule has 0 aliphatic carbocycles. The van der Waals surface area contributed by atoms with Crippen LogP contribution in [0.15, 0.2) is 12.1 Å². The van der Waals surface area contributed by atoms with E-state index in [1.54, 1.807) is 11.0 Å². The first-order valence-electron chi connectivity index (χ1n) is 8.66. The van der Waals surface area contributed by atoms with Gasteiger partial charge in [-0.2, -0.15) is 15.1 Å². The molecular formula is C17H23ClN6O3. The van der Waals surface area contributed by atoms with Crippen molar-refractivity contribution in [2.45, 2.75) is 45.8 Å². The maximum atomic E-state index is 12.1. The zero-order valence-corrected chi connectivity index (χ0v) is 16.5. The van der Waals surface area contributed by atoms with Crippen LogP contribution in [-0.4, -0.2) is 56.0 Å². The molecule has 1 fully saturated rings. The summed E-state index contributed by atoms with van der Waals surface area (Å²) in [6.45, 7) is 8.35. The van der Waals surface area contributed by atoms with Crippen LogP contribution in [-0.2, 0) is 4.74 Å². The number of aromatic nitrogens is 4. The highest BCUT2D eigenvalue weighted by atomic mass is 35.5. The van der Waals surface area contributed by atoms with Crippen LogP contribution in [0.3, 0.4) is 0 Å². The van der Waals surface area contributed by atoms with Crippen LogP contribution in [0.25, 0.3) is 0 Å². The lowest BCUT2D eigenvalue weighted by Crippen LogP contribution is -2.36. The highest BCUT2D eigenvalue weighted by molar-refractivity contribution is 6.29. The Balaban J connectivity index is 1.62. The number of carbonyl (C=O) groups excluding carboxylic acids is 1. The molecule has 3 heterocycles. The summed E-state index contributed by atoms with van der Waals surface area (Å²) in [5, 5.41) is 10.2. The van der Waals surface area contributed by atoms with Gasteiger partial charge in [-0.1, -0.05) is 11.6 Å². The Morgan fingerprint density at radius 1 is 1.37 bits per heavy atom. The Labute approximate surface area is 162 Å². The Kier molecular flexibility index (Phi) is 5.41. The number of aromatic amines is 1. The summed E-state index contributed by atoms with van der Waals surface area (Å²) in [5.74, 6) is 1.17. The lowest BCUT2D eigenvalue weighted by molar-refractivity contribution is 0.0274. The second-order valence-electron chi connectivity index (χ2n) is 7.36. The van der Waals surface area contributed by atoms with Crippen molar-refractivity contribution in [3.8, 4) is 6.01 Å². The number of hydrogen-bond acceptors (Lipinski definition) is 7. The second kappa shape index (κ2) is 7.59. The Morgan fingerprint density at radius 3 is 2.81 bits per heavy atom. The van der Waals surface area contributed by atoms with E-state index in [0.29, 0.717) is 31.1 Å². The number of H-pyrrole nitrogens is 1. The average molecular weight is 395 g/mol. The van der Waals surface area contributed by atoms with Gasteiger partial charge in [0.1, 0.15) is 28.5 Å². The van der Waals surface area contributed by atoms with Crippen molar-refractivity contribution in [3.05, 3.63) is 23.0 Å². The van der Waals surface area contributed by atoms with Gasteiger partial charge in [0.05, 0.1) is 12.2 Å². The van der Waals surface area contributed by atoms with Crippen molar-refractivity contribution >= 4 is 29.3 Å². The summed E-state index contributed by atoms with van der Waals surface area (Å²) in [7, 11) is 0. The van der Waals surface area contributed by atoms with E-state index in [2.05, 4.69) is 25.5 Å². The summed E-state index contributed by atoms with van der Waals surface area (Å²) in [5.41, 5.74) is 0.319. The predicted molar refractivity (Wildman–Crippen MR) is 100 cm³/mol. The van der Waals surface area contributed by atoms with E-state index in [4.69, 9.17) is 21.1 Å². The number of amides is 1. The first-order valence-corrected chi connectivity index (χ1v) is 9.04. The largest absolute Gasteiger partial charge is 0.458 e. The molecule has 27 heavy (non-hydrogen) atoms. The number of hydrogen-bond donors (Lipinski definition) is 2. The molecule has 0 bridgehead atoms. The summed E-state index contributed by atoms with van der Waals surface area (Å²) in [6.07, 6.45) is 0.0910. The smallest absolute Gasteiger partial charge is 0.410 e. The van der Waals surface area contributed by atoms with Crippen LogP contribution in [0.4, 0.5) is 16.4 Å². The fourth-order valence-electron chi connectivity index (χ4n) is 2.60. The van der Waals surface area contributed by atoms with Crippen LogP contribution in [0.1, 0.15) is 32.9 Å². The van der Waals surface area contributed by atoms with Gasteiger partial charge < -0.3 is 19.7 Å². The van der Waals surface area contributed by atoms with E-state index in [-0.39, 0.29) is 23.4 Å². The van der Waals surface area contributed by atoms with E-state index in [1.165, 1.54) is 0 Å². The molecule has 1 aliphatic rings. The highest BCUT2D eigenvalue weighted by Gasteiger charge is 2.31. The molecule has 3 rings (SSSR count). The number of halogens is 1. The molecule has 2 N–H and O–H groups in total. The molecule has 1 atom stereocenters. The number of likely N-dealkylation sites (tertiary alicyclic amines) is 1. The summed E-state index contributed by atoms with van der Waals surface area (Å²) < 4.78 is 11.2. The minimum atomic E-state index is -0.530. The zero-order valence-electron chi connectivity index (χ0n) is 15.7. The number of aryl methyl sites for hydroxylation is 1. The predicted octanol–water partition coefficient (Wildman–Crippen LogP) is 3.29. The van der Waals surface area contributed by atoms with Gasteiger partial charge in [-0.25, -0.2) is 4.79 Å². The minimum absolute atomic E-state index is 0.150. The number of ether oxygens (including phenoxy) is 2. The third-order valence-electron chi connectivity index (χ3n) is 3.71. The van der Waals surface area contributed by atoms with Gasteiger partial charge in [0.25, 0.3) is 0 Å². The summed E-state index contributed by atoms with van der Waals surface area (Å²) in [4.78, 5) is 22.2. The van der Waals surface area contributed by atoms with E-state index >= 15 is 0 Å². The van der Waals surface area contributed by atoms with Crippen LogP contribution < -0.4 is 10.1 Å². The first kappa shape index (κ1) is 19.2. The number of nitrogens with zero attached hydrogens (tertiary/aromatic N) is 4. The number of nitrogens with one attached hydrogen (secondary N) is 2. The van der Waals surface area contributed by atoms with Gasteiger partial charge >= 0.3 is 12.1 Å². The van der Waals surface area contributed by atoms with E-state index in [1.807, 2.05) is 33.8 Å². The minimum Gasteiger partial charge on any atom is -0.458 e.